The van der Waals surface area contributed by atoms with Crippen molar-refractivity contribution in [3.8, 4) is 0 Å². The minimum absolute atomic E-state index is 0.404. The lowest BCUT2D eigenvalue weighted by atomic mass is 10.2. The lowest BCUT2D eigenvalue weighted by Gasteiger charge is -2.14. The molecule has 2 rings (SSSR count). The molecule has 0 spiro atoms. The zero-order chi connectivity index (χ0) is 10.7. The first kappa shape index (κ1) is 10.2. The first-order valence-corrected chi connectivity index (χ1v) is 5.29. The van der Waals surface area contributed by atoms with Gasteiger partial charge in [0.05, 0.1) is 6.10 Å². The number of methoxy groups -OCH3 is 1. The van der Waals surface area contributed by atoms with Crippen LogP contribution in [0.15, 0.2) is 18.3 Å². The van der Waals surface area contributed by atoms with E-state index in [0.717, 1.165) is 24.9 Å². The van der Waals surface area contributed by atoms with Crippen LogP contribution in [0.1, 0.15) is 19.3 Å². The third kappa shape index (κ3) is 2.59. The summed E-state index contributed by atoms with van der Waals surface area (Å²) in [7, 11) is 1.78. The van der Waals surface area contributed by atoms with Crippen LogP contribution in [0.3, 0.4) is 0 Å². The number of pyridine rings is 1. The van der Waals surface area contributed by atoms with Crippen molar-refractivity contribution < 1.29 is 4.74 Å². The van der Waals surface area contributed by atoms with Crippen molar-refractivity contribution in [3.63, 3.8) is 0 Å². The Morgan fingerprint density at radius 2 is 2.40 bits per heavy atom. The quantitative estimate of drug-likeness (QED) is 0.791. The van der Waals surface area contributed by atoms with Gasteiger partial charge in [-0.1, -0.05) is 0 Å². The molecule has 4 heteroatoms. The fourth-order valence-electron chi connectivity index (χ4n) is 2.06. The SMILES string of the molecule is COC1CCC(Nc2ccnc(N)c2)C1. The van der Waals surface area contributed by atoms with Crippen molar-refractivity contribution in [3.05, 3.63) is 18.3 Å². The fraction of sp³-hybridized carbons (Fsp3) is 0.545. The topological polar surface area (TPSA) is 60.2 Å². The van der Waals surface area contributed by atoms with Crippen molar-refractivity contribution in [2.45, 2.75) is 31.4 Å². The van der Waals surface area contributed by atoms with Crippen molar-refractivity contribution >= 4 is 11.5 Å². The molecule has 15 heavy (non-hydrogen) atoms. The van der Waals surface area contributed by atoms with E-state index in [1.807, 2.05) is 12.1 Å². The lowest BCUT2D eigenvalue weighted by molar-refractivity contribution is 0.108. The molecule has 1 saturated carbocycles. The van der Waals surface area contributed by atoms with Gasteiger partial charge in [-0.05, 0) is 25.3 Å². The van der Waals surface area contributed by atoms with Crippen LogP contribution in [0.2, 0.25) is 0 Å². The Hall–Kier alpha value is -1.29. The molecular weight excluding hydrogens is 190 g/mol. The highest BCUT2D eigenvalue weighted by molar-refractivity contribution is 5.50. The van der Waals surface area contributed by atoms with Gasteiger partial charge in [0, 0.05) is 31.1 Å². The second kappa shape index (κ2) is 4.49. The van der Waals surface area contributed by atoms with Gasteiger partial charge >= 0.3 is 0 Å². The van der Waals surface area contributed by atoms with Gasteiger partial charge in [-0.3, -0.25) is 0 Å². The summed E-state index contributed by atoms with van der Waals surface area (Å²) in [5.74, 6) is 0.557. The van der Waals surface area contributed by atoms with Gasteiger partial charge in [0.2, 0.25) is 0 Å². The summed E-state index contributed by atoms with van der Waals surface area (Å²) in [5, 5.41) is 3.45. The monoisotopic (exact) mass is 207 g/mol. The van der Waals surface area contributed by atoms with Crippen LogP contribution >= 0.6 is 0 Å². The van der Waals surface area contributed by atoms with Gasteiger partial charge in [-0.25, -0.2) is 4.98 Å². The number of nitrogens with one attached hydrogen (secondary N) is 1. The van der Waals surface area contributed by atoms with Gasteiger partial charge in [0.25, 0.3) is 0 Å². The summed E-state index contributed by atoms with van der Waals surface area (Å²) >= 11 is 0. The highest BCUT2D eigenvalue weighted by atomic mass is 16.5. The average Bonchev–Trinajstić information content (AvgIpc) is 2.65. The number of nitrogens with zero attached hydrogens (tertiary/aromatic N) is 1. The summed E-state index contributed by atoms with van der Waals surface area (Å²) < 4.78 is 5.33. The van der Waals surface area contributed by atoms with Crippen molar-refractivity contribution in [2.75, 3.05) is 18.2 Å². The summed E-state index contributed by atoms with van der Waals surface area (Å²) in [4.78, 5) is 3.96. The Labute approximate surface area is 89.8 Å². The molecule has 1 aromatic rings. The van der Waals surface area contributed by atoms with E-state index in [-0.39, 0.29) is 0 Å². The standard InChI is InChI=1S/C11H17N3O/c1-15-10-3-2-8(6-10)14-9-4-5-13-11(12)7-9/h4-5,7-8,10H,2-3,6H2,1H3,(H3,12,13,14). The minimum Gasteiger partial charge on any atom is -0.384 e. The molecule has 0 amide bonds. The molecule has 1 heterocycles. The molecule has 0 radical (unpaired) electrons. The van der Waals surface area contributed by atoms with Crippen LogP contribution in [-0.2, 0) is 4.74 Å². The molecule has 1 fully saturated rings. The predicted octanol–water partition coefficient (Wildman–Crippen LogP) is 1.64. The molecule has 0 bridgehead atoms. The van der Waals surface area contributed by atoms with Gasteiger partial charge in [0.15, 0.2) is 0 Å². The highest BCUT2D eigenvalue weighted by Gasteiger charge is 2.23. The van der Waals surface area contributed by atoms with E-state index in [9.17, 15) is 0 Å². The number of nitrogens with two attached hydrogens (primary N) is 1. The van der Waals surface area contributed by atoms with Crippen LogP contribution in [0, 0.1) is 0 Å². The predicted molar refractivity (Wildman–Crippen MR) is 60.7 cm³/mol. The van der Waals surface area contributed by atoms with Gasteiger partial charge in [0.1, 0.15) is 5.82 Å². The number of aromatic nitrogens is 1. The molecule has 82 valence electrons. The summed E-state index contributed by atoms with van der Waals surface area (Å²) in [5.41, 5.74) is 6.66. The normalized spacial score (nSPS) is 25.4. The maximum Gasteiger partial charge on any atom is 0.125 e. The van der Waals surface area contributed by atoms with E-state index in [0.29, 0.717) is 18.0 Å². The molecule has 0 aromatic carbocycles. The Morgan fingerprint density at radius 1 is 1.53 bits per heavy atom. The van der Waals surface area contributed by atoms with Crippen molar-refractivity contribution in [2.24, 2.45) is 0 Å². The summed E-state index contributed by atoms with van der Waals surface area (Å²) in [6, 6.07) is 4.30. The molecule has 3 N–H and O–H groups in total. The summed E-state index contributed by atoms with van der Waals surface area (Å²) in [6.07, 6.45) is 5.48. The van der Waals surface area contributed by atoms with E-state index in [1.165, 1.54) is 0 Å². The van der Waals surface area contributed by atoms with Crippen LogP contribution < -0.4 is 11.1 Å². The maximum absolute atomic E-state index is 5.61. The summed E-state index contributed by atoms with van der Waals surface area (Å²) in [6.45, 7) is 0. The molecule has 1 aromatic heterocycles. The van der Waals surface area contributed by atoms with Gasteiger partial charge < -0.3 is 15.8 Å². The Balaban J connectivity index is 1.92. The number of anilines is 2. The highest BCUT2D eigenvalue weighted by Crippen LogP contribution is 2.24. The lowest BCUT2D eigenvalue weighted by Crippen LogP contribution is -2.17. The van der Waals surface area contributed by atoms with Crippen LogP contribution in [0.25, 0.3) is 0 Å². The van der Waals surface area contributed by atoms with Gasteiger partial charge in [-0.2, -0.15) is 0 Å². The van der Waals surface area contributed by atoms with Crippen molar-refractivity contribution in [1.29, 1.82) is 0 Å². The van der Waals surface area contributed by atoms with Crippen LogP contribution in [0.5, 0.6) is 0 Å². The van der Waals surface area contributed by atoms with Crippen LogP contribution in [-0.4, -0.2) is 24.2 Å². The maximum atomic E-state index is 5.61. The minimum atomic E-state index is 0.404. The number of hydrogen-bond donors (Lipinski definition) is 2. The number of nitrogen functional groups attached to an aromatic ring is 1. The Morgan fingerprint density at radius 3 is 3.07 bits per heavy atom. The average molecular weight is 207 g/mol. The molecule has 4 nitrogen and oxygen atoms in total. The van der Waals surface area contributed by atoms with Crippen molar-refractivity contribution in [1.82, 2.24) is 4.98 Å². The first-order valence-electron chi connectivity index (χ1n) is 5.29. The molecule has 0 aliphatic heterocycles. The molecular formula is C11H17N3O. The second-order valence-corrected chi connectivity index (χ2v) is 3.98. The van der Waals surface area contributed by atoms with E-state index in [2.05, 4.69) is 10.3 Å². The van der Waals surface area contributed by atoms with Gasteiger partial charge in [-0.15, -0.1) is 0 Å². The number of hydrogen-bond acceptors (Lipinski definition) is 4. The van der Waals surface area contributed by atoms with Crippen LogP contribution in [0.4, 0.5) is 11.5 Å². The molecule has 2 atom stereocenters. The van der Waals surface area contributed by atoms with E-state index in [1.54, 1.807) is 13.3 Å². The molecule has 1 aliphatic carbocycles. The zero-order valence-corrected chi connectivity index (χ0v) is 8.94. The second-order valence-electron chi connectivity index (χ2n) is 3.98. The van der Waals surface area contributed by atoms with E-state index < -0.39 is 0 Å². The third-order valence-corrected chi connectivity index (χ3v) is 2.87. The molecule has 0 saturated heterocycles. The smallest absolute Gasteiger partial charge is 0.125 e. The largest absolute Gasteiger partial charge is 0.384 e. The zero-order valence-electron chi connectivity index (χ0n) is 8.94. The fourth-order valence-corrected chi connectivity index (χ4v) is 2.06. The van der Waals surface area contributed by atoms with E-state index in [4.69, 9.17) is 10.5 Å². The number of rotatable bonds is 3. The number of ether oxygens (including phenoxy) is 1. The first-order chi connectivity index (χ1) is 7.28. The molecule has 2 unspecified atom stereocenters. The Kier molecular flexibility index (Phi) is 3.06. The van der Waals surface area contributed by atoms with E-state index >= 15 is 0 Å². The third-order valence-electron chi connectivity index (χ3n) is 2.87. The Bertz CT molecular complexity index is 329. The molecule has 1 aliphatic rings.